The number of nitrogens with one attached hydrogen (secondary N) is 8. The number of carbonyl (C=O) groups is 8. The molecule has 75 heavy (non-hydrogen) atoms. The number of fused-ring (bicyclic) bond motifs is 2. The van der Waals surface area contributed by atoms with Gasteiger partial charge in [0.15, 0.2) is 0 Å². The van der Waals surface area contributed by atoms with Crippen LogP contribution in [0.2, 0.25) is 0 Å². The number of rotatable bonds is 18. The fraction of sp³-hybridized carbons (Fsp3) is 0.464. The van der Waals surface area contributed by atoms with Crippen LogP contribution in [0.3, 0.4) is 0 Å². The Balaban J connectivity index is 1.08. The SMILES string of the molecule is C#CC[C@H](NC(=O)[C@H](C)NC)C(=O)N1C[C@@H](NC(=O)c2cc(N)cc(C(=O)N[C@H]3C[C@@H](C(=O)N[C@@H]4CCCc5ccccc54)N(C(=O)[C@H](CC#C)NC(=O)[C@H](C)NC)C3)c2)C[C@H]1C(=O)N[C@@H]1CCCc2ccccc21. The monoisotopic (exact) mass is 1020 g/mol. The minimum atomic E-state index is -1.16. The maximum atomic E-state index is 14.4. The second kappa shape index (κ2) is 25.0. The first kappa shape index (κ1) is 55.0. The van der Waals surface area contributed by atoms with Gasteiger partial charge < -0.3 is 58.1 Å². The highest BCUT2D eigenvalue weighted by Crippen LogP contribution is 2.32. The molecule has 2 aliphatic carbocycles. The van der Waals surface area contributed by atoms with E-state index in [2.05, 4.69) is 54.4 Å². The summed E-state index contributed by atoms with van der Waals surface area (Å²) in [5.41, 5.74) is 10.7. The van der Waals surface area contributed by atoms with Crippen molar-refractivity contribution in [2.75, 3.05) is 32.9 Å². The fourth-order valence-corrected chi connectivity index (χ4v) is 10.6. The van der Waals surface area contributed by atoms with Gasteiger partial charge in [0.25, 0.3) is 11.8 Å². The Hall–Kier alpha value is -7.74. The average molecular weight is 1020 g/mol. The molecule has 0 saturated carbocycles. The van der Waals surface area contributed by atoms with E-state index in [0.717, 1.165) is 47.9 Å². The Morgan fingerprint density at radius 1 is 0.613 bits per heavy atom. The molecule has 2 fully saturated rings. The number of nitrogens with zero attached hydrogens (tertiary/aromatic N) is 2. The third kappa shape index (κ3) is 13.1. The van der Waals surface area contributed by atoms with Crippen LogP contribution in [0.1, 0.15) is 120 Å². The van der Waals surface area contributed by atoms with E-state index in [0.29, 0.717) is 12.8 Å². The maximum absolute atomic E-state index is 14.4. The Kier molecular flexibility index (Phi) is 18.3. The first-order valence-corrected chi connectivity index (χ1v) is 25.8. The maximum Gasteiger partial charge on any atom is 0.251 e. The summed E-state index contributed by atoms with van der Waals surface area (Å²) in [4.78, 5) is 114. The lowest BCUT2D eigenvalue weighted by Gasteiger charge is -2.31. The number of anilines is 1. The molecule has 4 aliphatic rings. The van der Waals surface area contributed by atoms with E-state index in [1.165, 1.54) is 28.0 Å². The smallest absolute Gasteiger partial charge is 0.251 e. The third-order valence-electron chi connectivity index (χ3n) is 14.8. The number of hydrogen-bond donors (Lipinski definition) is 9. The Bertz CT molecular complexity index is 2570. The van der Waals surface area contributed by atoms with Crippen LogP contribution in [0, 0.1) is 24.7 Å². The van der Waals surface area contributed by atoms with Gasteiger partial charge in [-0.2, -0.15) is 0 Å². The van der Waals surface area contributed by atoms with Crippen LogP contribution in [0.25, 0.3) is 0 Å². The zero-order chi connectivity index (χ0) is 53.9. The lowest BCUT2D eigenvalue weighted by atomic mass is 9.87. The quantitative estimate of drug-likeness (QED) is 0.0648. The highest BCUT2D eigenvalue weighted by molar-refractivity contribution is 6.02. The molecule has 2 heterocycles. The number of likely N-dealkylation sites (N-methyl/N-ethyl adjacent to an activating group) is 2. The third-order valence-corrected chi connectivity index (χ3v) is 14.8. The summed E-state index contributed by atoms with van der Waals surface area (Å²) < 4.78 is 0. The molecule has 19 nitrogen and oxygen atoms in total. The molecule has 396 valence electrons. The van der Waals surface area contributed by atoms with Gasteiger partial charge in [-0.15, -0.1) is 24.7 Å². The van der Waals surface area contributed by atoms with E-state index in [9.17, 15) is 38.4 Å². The van der Waals surface area contributed by atoms with E-state index < -0.39 is 95.6 Å². The fourth-order valence-electron chi connectivity index (χ4n) is 10.6. The molecule has 10 N–H and O–H groups in total. The summed E-state index contributed by atoms with van der Waals surface area (Å²) in [7, 11) is 3.21. The molecule has 0 spiro atoms. The van der Waals surface area contributed by atoms with E-state index in [1.54, 1.807) is 27.9 Å². The van der Waals surface area contributed by atoms with Crippen LogP contribution in [-0.4, -0.2) is 133 Å². The van der Waals surface area contributed by atoms with Gasteiger partial charge in [-0.3, -0.25) is 38.4 Å². The van der Waals surface area contributed by atoms with E-state index >= 15 is 0 Å². The van der Waals surface area contributed by atoms with Crippen molar-refractivity contribution in [3.63, 3.8) is 0 Å². The van der Waals surface area contributed by atoms with Gasteiger partial charge in [0.1, 0.15) is 24.2 Å². The summed E-state index contributed by atoms with van der Waals surface area (Å²) in [5, 5.41) is 23.3. The van der Waals surface area contributed by atoms with Crippen LogP contribution in [0.4, 0.5) is 5.69 Å². The van der Waals surface area contributed by atoms with Gasteiger partial charge in [-0.05, 0) is 120 Å². The van der Waals surface area contributed by atoms with Crippen LogP contribution in [0.15, 0.2) is 66.7 Å². The van der Waals surface area contributed by atoms with Gasteiger partial charge in [-0.25, -0.2) is 0 Å². The van der Waals surface area contributed by atoms with Crippen molar-refractivity contribution in [3.05, 3.63) is 100 Å². The molecule has 2 aliphatic heterocycles. The largest absolute Gasteiger partial charge is 0.399 e. The molecule has 7 rings (SSSR count). The van der Waals surface area contributed by atoms with Crippen LogP contribution in [0.5, 0.6) is 0 Å². The normalized spacial score (nSPS) is 22.3. The lowest BCUT2D eigenvalue weighted by Crippen LogP contribution is -2.55. The highest BCUT2D eigenvalue weighted by Gasteiger charge is 2.45. The van der Waals surface area contributed by atoms with Crippen molar-refractivity contribution >= 4 is 52.9 Å². The first-order valence-electron chi connectivity index (χ1n) is 25.8. The van der Waals surface area contributed by atoms with Crippen molar-refractivity contribution in [1.29, 1.82) is 0 Å². The van der Waals surface area contributed by atoms with Crippen LogP contribution in [-0.2, 0) is 41.6 Å². The number of carbonyl (C=O) groups excluding carboxylic acids is 8. The Morgan fingerprint density at radius 3 is 1.40 bits per heavy atom. The van der Waals surface area contributed by atoms with E-state index in [4.69, 9.17) is 18.6 Å². The molecule has 0 bridgehead atoms. The zero-order valence-corrected chi connectivity index (χ0v) is 43.0. The molecule has 0 unspecified atom stereocenters. The molecular formula is C56H69N11O8. The van der Waals surface area contributed by atoms with Crippen molar-refractivity contribution in [2.24, 2.45) is 0 Å². The van der Waals surface area contributed by atoms with Gasteiger partial charge in [0.05, 0.1) is 24.2 Å². The second-order valence-electron chi connectivity index (χ2n) is 19.9. The van der Waals surface area contributed by atoms with Crippen LogP contribution >= 0.6 is 0 Å². The first-order chi connectivity index (χ1) is 36.0. The zero-order valence-electron chi connectivity index (χ0n) is 43.0. The molecule has 3 aromatic rings. The number of nitrogen functional groups attached to an aromatic ring is 1. The Morgan fingerprint density at radius 2 is 1.01 bits per heavy atom. The van der Waals surface area contributed by atoms with Gasteiger partial charge in [-0.1, -0.05) is 48.5 Å². The molecule has 8 amide bonds. The number of aryl methyl sites for hydroxylation is 2. The highest BCUT2D eigenvalue weighted by atomic mass is 16.2. The standard InChI is InChI=1S/C56H69N11O8/c1-7-15-45(64-49(68)32(3)58-5)55(74)66-30-39(28-47(66)53(72)62-43-23-13-19-34-17-9-11-21-41(34)43)60-51(70)36-25-37(27-38(57)26-36)52(71)61-40-29-48(54(73)63-44-24-14-20-35-18-10-12-22-42(35)44)67(31-40)56(75)46(16-8-2)65-50(69)33(4)59-6/h1-2,9-12,17-18,21-22,25-27,32-33,39-40,43-48,58-59H,13-16,19-20,23-24,28-31,57H2,3-6H3,(H,60,70)(H,61,71)(H,62,72)(H,63,73)(H,64,68)(H,65,69)/t32-,33-,39-,40-,43+,44+,45-,46-,47-,48-/m0/s1. The molecule has 0 aromatic heterocycles. The lowest BCUT2D eigenvalue weighted by molar-refractivity contribution is -0.141. The van der Waals surface area contributed by atoms with Crippen molar-refractivity contribution in [3.8, 4) is 24.7 Å². The topological polar surface area (TPSA) is 265 Å². The molecule has 3 aromatic carbocycles. The average Bonchev–Trinajstić information content (AvgIpc) is 4.04. The summed E-state index contributed by atoms with van der Waals surface area (Å²) in [6.45, 7) is 3.06. The molecule has 2 saturated heterocycles. The number of amides is 8. The van der Waals surface area contributed by atoms with E-state index in [-0.39, 0.29) is 67.7 Å². The second-order valence-corrected chi connectivity index (χ2v) is 19.9. The molecule has 0 radical (unpaired) electrons. The predicted molar refractivity (Wildman–Crippen MR) is 282 cm³/mol. The van der Waals surface area contributed by atoms with Gasteiger partial charge in [0, 0.05) is 54.8 Å². The van der Waals surface area contributed by atoms with Crippen molar-refractivity contribution < 1.29 is 38.4 Å². The number of nitrogens with two attached hydrogens (primary N) is 1. The molecular weight excluding hydrogens is 955 g/mol. The minimum Gasteiger partial charge on any atom is -0.399 e. The number of likely N-dealkylation sites (tertiary alicyclic amines) is 2. The van der Waals surface area contributed by atoms with Crippen LogP contribution < -0.4 is 48.3 Å². The van der Waals surface area contributed by atoms with E-state index in [1.807, 2.05) is 48.5 Å². The van der Waals surface area contributed by atoms with Gasteiger partial charge >= 0.3 is 0 Å². The van der Waals surface area contributed by atoms with Crippen molar-refractivity contribution in [1.82, 2.24) is 52.3 Å². The Labute approximate surface area is 438 Å². The minimum absolute atomic E-state index is 0.0141. The molecule has 19 heteroatoms. The number of hydrogen-bond acceptors (Lipinski definition) is 11. The number of terminal acetylenes is 2. The predicted octanol–water partition coefficient (Wildman–Crippen LogP) is 1.29. The summed E-state index contributed by atoms with van der Waals surface area (Å²) >= 11 is 0. The summed E-state index contributed by atoms with van der Waals surface area (Å²) in [6, 6.07) is 12.1. The molecule has 10 atom stereocenters. The summed E-state index contributed by atoms with van der Waals surface area (Å²) in [5.74, 6) is 0.698. The van der Waals surface area contributed by atoms with Crippen molar-refractivity contribution in [2.45, 2.75) is 138 Å². The summed E-state index contributed by atoms with van der Waals surface area (Å²) in [6.07, 6.45) is 15.9. The van der Waals surface area contributed by atoms with Gasteiger partial charge in [0.2, 0.25) is 35.4 Å². The number of benzene rings is 3.